The Labute approximate surface area is 151 Å². The lowest BCUT2D eigenvalue weighted by molar-refractivity contribution is 0.0941. The summed E-state index contributed by atoms with van der Waals surface area (Å²) in [6.07, 6.45) is 4.06. The van der Waals surface area contributed by atoms with Crippen molar-refractivity contribution in [1.29, 1.82) is 0 Å². The van der Waals surface area contributed by atoms with Crippen LogP contribution in [0.15, 0.2) is 53.2 Å². The van der Waals surface area contributed by atoms with Gasteiger partial charge < -0.3 is 14.7 Å². The first kappa shape index (κ1) is 16.3. The molecule has 0 atom stereocenters. The zero-order chi connectivity index (χ0) is 17.8. The number of hydrogen-bond donors (Lipinski definition) is 1. The molecule has 26 heavy (non-hydrogen) atoms. The van der Waals surface area contributed by atoms with E-state index in [1.807, 2.05) is 30.3 Å². The fraction of sp³-hybridized carbons (Fsp3) is 0.263. The van der Waals surface area contributed by atoms with Gasteiger partial charge in [-0.2, -0.15) is 0 Å². The van der Waals surface area contributed by atoms with Crippen LogP contribution in [0.1, 0.15) is 29.0 Å². The van der Waals surface area contributed by atoms with E-state index in [0.29, 0.717) is 12.3 Å². The monoisotopic (exact) mass is 349 g/mol. The van der Waals surface area contributed by atoms with Crippen LogP contribution in [-0.4, -0.2) is 34.1 Å². The van der Waals surface area contributed by atoms with Crippen molar-refractivity contribution in [1.82, 2.24) is 20.4 Å². The lowest BCUT2D eigenvalue weighted by Gasteiger charge is -2.15. The van der Waals surface area contributed by atoms with Gasteiger partial charge in [0.05, 0.1) is 12.2 Å². The summed E-state index contributed by atoms with van der Waals surface area (Å²) in [5.74, 6) is 0.994. The molecule has 2 aromatic heterocycles. The molecule has 3 heterocycles. The van der Waals surface area contributed by atoms with Crippen molar-refractivity contribution in [2.75, 3.05) is 18.0 Å². The van der Waals surface area contributed by atoms with Gasteiger partial charge in [0, 0.05) is 30.9 Å². The topological polar surface area (TPSA) is 84.2 Å². The molecule has 0 radical (unpaired) electrons. The van der Waals surface area contributed by atoms with E-state index in [2.05, 4.69) is 25.3 Å². The number of benzene rings is 1. The molecule has 0 unspecified atom stereocenters. The number of anilines is 1. The van der Waals surface area contributed by atoms with Gasteiger partial charge in [0.1, 0.15) is 0 Å². The first-order valence-corrected chi connectivity index (χ1v) is 8.67. The zero-order valence-corrected chi connectivity index (χ0v) is 14.3. The van der Waals surface area contributed by atoms with E-state index < -0.39 is 0 Å². The third-order valence-electron chi connectivity index (χ3n) is 4.32. The molecule has 132 valence electrons. The van der Waals surface area contributed by atoms with Crippen molar-refractivity contribution in [3.8, 4) is 11.3 Å². The molecule has 4 rings (SSSR count). The normalized spacial score (nSPS) is 13.8. The van der Waals surface area contributed by atoms with E-state index in [1.54, 1.807) is 18.3 Å². The van der Waals surface area contributed by atoms with Gasteiger partial charge in [-0.1, -0.05) is 35.5 Å². The van der Waals surface area contributed by atoms with Crippen LogP contribution in [0.3, 0.4) is 0 Å². The number of nitrogens with one attached hydrogen (secondary N) is 1. The Kier molecular flexibility index (Phi) is 4.59. The molecule has 7 nitrogen and oxygen atoms in total. The lowest BCUT2D eigenvalue weighted by atomic mass is 10.1. The lowest BCUT2D eigenvalue weighted by Crippen LogP contribution is -2.25. The maximum atomic E-state index is 12.3. The third kappa shape index (κ3) is 3.56. The van der Waals surface area contributed by atoms with Crippen LogP contribution in [0.5, 0.6) is 0 Å². The van der Waals surface area contributed by atoms with Gasteiger partial charge in [0.15, 0.2) is 11.5 Å². The van der Waals surface area contributed by atoms with Crippen LogP contribution in [0, 0.1) is 0 Å². The zero-order valence-electron chi connectivity index (χ0n) is 14.3. The fourth-order valence-electron chi connectivity index (χ4n) is 2.93. The number of nitrogens with zero attached hydrogens (tertiary/aromatic N) is 4. The number of carbonyl (C=O) groups excluding carboxylic acids is 1. The van der Waals surface area contributed by atoms with Crippen LogP contribution in [-0.2, 0) is 6.54 Å². The SMILES string of the molecule is O=C(NCc1ccnc(N2CCCC2)n1)c1cc(-c2ccccc2)on1. The Hall–Kier alpha value is -3.22. The molecule has 0 saturated carbocycles. The molecule has 7 heteroatoms. The fourth-order valence-corrected chi connectivity index (χ4v) is 2.93. The largest absolute Gasteiger partial charge is 0.355 e. The summed E-state index contributed by atoms with van der Waals surface area (Å²) in [6, 6.07) is 13.0. The molecule has 0 aliphatic carbocycles. The molecule has 1 aliphatic rings. The number of aromatic nitrogens is 3. The van der Waals surface area contributed by atoms with Crippen molar-refractivity contribution in [2.24, 2.45) is 0 Å². The van der Waals surface area contributed by atoms with E-state index in [0.717, 1.165) is 30.3 Å². The molecule has 1 aliphatic heterocycles. The van der Waals surface area contributed by atoms with Crippen molar-refractivity contribution < 1.29 is 9.32 Å². The van der Waals surface area contributed by atoms with E-state index in [9.17, 15) is 4.79 Å². The molecular formula is C19H19N5O2. The van der Waals surface area contributed by atoms with Crippen molar-refractivity contribution in [3.63, 3.8) is 0 Å². The third-order valence-corrected chi connectivity index (χ3v) is 4.32. The predicted molar refractivity (Wildman–Crippen MR) is 96.6 cm³/mol. The van der Waals surface area contributed by atoms with E-state index in [1.165, 1.54) is 12.8 Å². The van der Waals surface area contributed by atoms with Crippen molar-refractivity contribution >= 4 is 11.9 Å². The smallest absolute Gasteiger partial charge is 0.273 e. The second-order valence-electron chi connectivity index (χ2n) is 6.17. The summed E-state index contributed by atoms with van der Waals surface area (Å²) in [7, 11) is 0. The molecule has 1 saturated heterocycles. The molecule has 0 bridgehead atoms. The average molecular weight is 349 g/mol. The molecular weight excluding hydrogens is 330 g/mol. The minimum absolute atomic E-state index is 0.248. The Bertz CT molecular complexity index is 888. The maximum absolute atomic E-state index is 12.3. The minimum Gasteiger partial charge on any atom is -0.355 e. The quantitative estimate of drug-likeness (QED) is 0.762. The second-order valence-corrected chi connectivity index (χ2v) is 6.17. The molecule has 1 amide bonds. The highest BCUT2D eigenvalue weighted by Gasteiger charge is 2.16. The molecule has 0 spiro atoms. The summed E-state index contributed by atoms with van der Waals surface area (Å²) in [5, 5.41) is 6.68. The Morgan fingerprint density at radius 3 is 2.77 bits per heavy atom. The van der Waals surface area contributed by atoms with Crippen LogP contribution >= 0.6 is 0 Å². The molecule has 3 aromatic rings. The van der Waals surface area contributed by atoms with Crippen LogP contribution < -0.4 is 10.2 Å². The van der Waals surface area contributed by atoms with Crippen LogP contribution in [0.4, 0.5) is 5.95 Å². The summed E-state index contributed by atoms with van der Waals surface area (Å²) < 4.78 is 5.27. The van der Waals surface area contributed by atoms with Crippen molar-refractivity contribution in [2.45, 2.75) is 19.4 Å². The van der Waals surface area contributed by atoms with Gasteiger partial charge in [-0.3, -0.25) is 4.79 Å². The molecule has 1 N–H and O–H groups in total. The highest BCUT2D eigenvalue weighted by Crippen LogP contribution is 2.19. The number of amides is 1. The van der Waals surface area contributed by atoms with Gasteiger partial charge in [0.2, 0.25) is 5.95 Å². The molecule has 1 fully saturated rings. The van der Waals surface area contributed by atoms with E-state index in [-0.39, 0.29) is 11.6 Å². The number of hydrogen-bond acceptors (Lipinski definition) is 6. The highest BCUT2D eigenvalue weighted by molar-refractivity contribution is 5.93. The summed E-state index contributed by atoms with van der Waals surface area (Å²) in [5.41, 5.74) is 1.89. The summed E-state index contributed by atoms with van der Waals surface area (Å²) >= 11 is 0. The number of carbonyl (C=O) groups is 1. The predicted octanol–water partition coefficient (Wildman–Crippen LogP) is 2.66. The maximum Gasteiger partial charge on any atom is 0.273 e. The van der Waals surface area contributed by atoms with Gasteiger partial charge in [-0.05, 0) is 18.9 Å². The highest BCUT2D eigenvalue weighted by atomic mass is 16.5. The standard InChI is InChI=1S/C19H19N5O2/c25-18(16-12-17(26-23-16)14-6-2-1-3-7-14)21-13-15-8-9-20-19(22-15)24-10-4-5-11-24/h1-3,6-9,12H,4-5,10-11,13H2,(H,21,25). The summed E-state index contributed by atoms with van der Waals surface area (Å²) in [4.78, 5) is 23.3. The minimum atomic E-state index is -0.294. The van der Waals surface area contributed by atoms with Crippen LogP contribution in [0.25, 0.3) is 11.3 Å². The Balaban J connectivity index is 1.40. The van der Waals surface area contributed by atoms with Gasteiger partial charge in [-0.15, -0.1) is 0 Å². The van der Waals surface area contributed by atoms with E-state index >= 15 is 0 Å². The average Bonchev–Trinajstić information content (AvgIpc) is 3.39. The van der Waals surface area contributed by atoms with E-state index in [4.69, 9.17) is 4.52 Å². The van der Waals surface area contributed by atoms with Gasteiger partial charge in [0.25, 0.3) is 5.91 Å². The number of rotatable bonds is 5. The first-order chi connectivity index (χ1) is 12.8. The van der Waals surface area contributed by atoms with Gasteiger partial charge >= 0.3 is 0 Å². The summed E-state index contributed by atoms with van der Waals surface area (Å²) in [6.45, 7) is 2.28. The Morgan fingerprint density at radius 1 is 1.15 bits per heavy atom. The van der Waals surface area contributed by atoms with Gasteiger partial charge in [-0.25, -0.2) is 9.97 Å². The molecule has 1 aromatic carbocycles. The first-order valence-electron chi connectivity index (χ1n) is 8.67. The Morgan fingerprint density at radius 2 is 1.96 bits per heavy atom. The second kappa shape index (κ2) is 7.35. The van der Waals surface area contributed by atoms with Crippen LogP contribution in [0.2, 0.25) is 0 Å². The van der Waals surface area contributed by atoms with Crippen molar-refractivity contribution in [3.05, 3.63) is 60.0 Å².